The van der Waals surface area contributed by atoms with Gasteiger partial charge in [-0.1, -0.05) is 32.6 Å². The topological polar surface area (TPSA) is 20.2 Å². The molecule has 3 fully saturated rings. The summed E-state index contributed by atoms with van der Waals surface area (Å²) in [5.74, 6) is 4.09. The van der Waals surface area contributed by atoms with E-state index in [1.165, 1.54) is 57.8 Å². The predicted molar refractivity (Wildman–Crippen MR) is 94.0 cm³/mol. The van der Waals surface area contributed by atoms with Gasteiger partial charge in [-0.05, 0) is 86.9 Å². The van der Waals surface area contributed by atoms with Crippen LogP contribution in [0.25, 0.3) is 0 Å². The molecule has 0 aromatic rings. The van der Waals surface area contributed by atoms with E-state index in [0.29, 0.717) is 30.3 Å². The third kappa shape index (κ3) is 4.50. The lowest BCUT2D eigenvalue weighted by atomic mass is 9.64. The summed E-state index contributed by atoms with van der Waals surface area (Å²) >= 11 is 0. The summed E-state index contributed by atoms with van der Waals surface area (Å²) in [5, 5.41) is 9.08. The smallest absolute Gasteiger partial charge is 0.103 e. The maximum Gasteiger partial charge on any atom is 0.103 e. The molecule has 1 nitrogen and oxygen atoms in total. The van der Waals surface area contributed by atoms with Gasteiger partial charge in [-0.3, -0.25) is 0 Å². The lowest BCUT2D eigenvalue weighted by Crippen LogP contribution is -2.36. The molecule has 0 radical (unpaired) electrons. The van der Waals surface area contributed by atoms with Crippen LogP contribution in [-0.4, -0.2) is 17.9 Å². The highest BCUT2D eigenvalue weighted by Gasteiger charge is 2.39. The largest absolute Gasteiger partial charge is 0.396 e. The molecular formula is C21H37FO. The molecule has 3 atom stereocenters. The van der Waals surface area contributed by atoms with Gasteiger partial charge in [-0.25, -0.2) is 4.39 Å². The maximum atomic E-state index is 14.9. The maximum absolute atomic E-state index is 14.9. The minimum atomic E-state index is -0.535. The van der Waals surface area contributed by atoms with Crippen LogP contribution in [0.3, 0.4) is 0 Å². The molecule has 0 aliphatic heterocycles. The number of halogens is 1. The van der Waals surface area contributed by atoms with Crippen LogP contribution in [0.4, 0.5) is 4.39 Å². The standard InChI is InChI=1S/C21H37FO/c1-15-2-6-17(7-3-15)19-10-11-20(21(22)14-19)18-8-4-16(5-9-18)12-13-23/h15-21,23H,2-14H2,1H3. The van der Waals surface area contributed by atoms with E-state index >= 15 is 0 Å². The molecule has 23 heavy (non-hydrogen) atoms. The van der Waals surface area contributed by atoms with E-state index in [2.05, 4.69) is 6.92 Å². The zero-order valence-corrected chi connectivity index (χ0v) is 15.1. The van der Waals surface area contributed by atoms with E-state index in [9.17, 15) is 4.39 Å². The van der Waals surface area contributed by atoms with Gasteiger partial charge in [0.15, 0.2) is 0 Å². The first kappa shape index (κ1) is 17.7. The molecule has 0 spiro atoms. The van der Waals surface area contributed by atoms with Crippen molar-refractivity contribution in [3.05, 3.63) is 0 Å². The Morgan fingerprint density at radius 3 is 2.00 bits per heavy atom. The van der Waals surface area contributed by atoms with Crippen LogP contribution >= 0.6 is 0 Å². The van der Waals surface area contributed by atoms with Gasteiger partial charge in [0.05, 0.1) is 0 Å². The van der Waals surface area contributed by atoms with Gasteiger partial charge >= 0.3 is 0 Å². The van der Waals surface area contributed by atoms with E-state index in [1.54, 1.807) is 0 Å². The van der Waals surface area contributed by atoms with E-state index < -0.39 is 6.17 Å². The second kappa shape index (κ2) is 8.32. The SMILES string of the molecule is CC1CCC(C2CCC(C3CCC(CCO)CC3)C(F)C2)CC1. The third-order valence-corrected chi connectivity index (χ3v) is 7.62. The molecule has 134 valence electrons. The molecule has 3 saturated carbocycles. The monoisotopic (exact) mass is 324 g/mol. The third-order valence-electron chi connectivity index (χ3n) is 7.62. The highest BCUT2D eigenvalue weighted by molar-refractivity contribution is 4.89. The average Bonchev–Trinajstić information content (AvgIpc) is 2.57. The highest BCUT2D eigenvalue weighted by atomic mass is 19.1. The summed E-state index contributed by atoms with van der Waals surface area (Å²) < 4.78 is 14.9. The van der Waals surface area contributed by atoms with Crippen molar-refractivity contribution in [1.29, 1.82) is 0 Å². The van der Waals surface area contributed by atoms with Crippen LogP contribution in [-0.2, 0) is 0 Å². The Kier molecular flexibility index (Phi) is 6.40. The molecule has 1 N–H and O–H groups in total. The van der Waals surface area contributed by atoms with E-state index in [4.69, 9.17) is 5.11 Å². The summed E-state index contributed by atoms with van der Waals surface area (Å²) in [5.41, 5.74) is 0. The summed E-state index contributed by atoms with van der Waals surface area (Å²) in [4.78, 5) is 0. The number of rotatable bonds is 4. The van der Waals surface area contributed by atoms with E-state index in [1.807, 2.05) is 0 Å². The molecule has 0 aromatic carbocycles. The molecule has 3 unspecified atom stereocenters. The summed E-state index contributed by atoms with van der Waals surface area (Å²) in [6, 6.07) is 0. The number of hydrogen-bond donors (Lipinski definition) is 1. The van der Waals surface area contributed by atoms with Gasteiger partial charge in [0.2, 0.25) is 0 Å². The quantitative estimate of drug-likeness (QED) is 0.697. The van der Waals surface area contributed by atoms with Gasteiger partial charge in [0.25, 0.3) is 0 Å². The second-order valence-electron chi connectivity index (χ2n) is 9.07. The zero-order valence-electron chi connectivity index (χ0n) is 15.1. The van der Waals surface area contributed by atoms with Crippen molar-refractivity contribution in [3.63, 3.8) is 0 Å². The molecule has 0 saturated heterocycles. The number of aliphatic hydroxyl groups is 1. The van der Waals surface area contributed by atoms with E-state index in [0.717, 1.165) is 31.1 Å². The fourth-order valence-electron chi connectivity index (χ4n) is 5.97. The number of aliphatic hydroxyl groups excluding tert-OH is 1. The van der Waals surface area contributed by atoms with Crippen LogP contribution in [0.5, 0.6) is 0 Å². The van der Waals surface area contributed by atoms with Crippen LogP contribution in [0.1, 0.15) is 84.0 Å². The van der Waals surface area contributed by atoms with Crippen LogP contribution < -0.4 is 0 Å². The van der Waals surface area contributed by atoms with Gasteiger partial charge in [-0.15, -0.1) is 0 Å². The Balaban J connectivity index is 1.45. The van der Waals surface area contributed by atoms with Crippen LogP contribution in [0.2, 0.25) is 0 Å². The molecular weight excluding hydrogens is 287 g/mol. The van der Waals surface area contributed by atoms with Gasteiger partial charge < -0.3 is 5.11 Å². The van der Waals surface area contributed by atoms with Crippen molar-refractivity contribution >= 4 is 0 Å². The van der Waals surface area contributed by atoms with Crippen molar-refractivity contribution in [2.75, 3.05) is 6.61 Å². The normalized spacial score (nSPS) is 45.8. The Morgan fingerprint density at radius 1 is 0.783 bits per heavy atom. The number of hydrogen-bond acceptors (Lipinski definition) is 1. The molecule has 0 amide bonds. The summed E-state index contributed by atoms with van der Waals surface area (Å²) in [6.07, 6.45) is 14.0. The van der Waals surface area contributed by atoms with Crippen molar-refractivity contribution in [2.24, 2.45) is 35.5 Å². The molecule has 2 heteroatoms. The summed E-state index contributed by atoms with van der Waals surface area (Å²) in [6.45, 7) is 2.70. The number of alkyl halides is 1. The Bertz CT molecular complexity index is 342. The first-order valence-corrected chi connectivity index (χ1v) is 10.4. The van der Waals surface area contributed by atoms with Gasteiger partial charge in [0.1, 0.15) is 6.17 Å². The van der Waals surface area contributed by atoms with Crippen LogP contribution in [0, 0.1) is 35.5 Å². The molecule has 3 aliphatic carbocycles. The Hall–Kier alpha value is -0.110. The fourth-order valence-corrected chi connectivity index (χ4v) is 5.97. The van der Waals surface area contributed by atoms with Crippen molar-refractivity contribution in [3.8, 4) is 0 Å². The first-order valence-electron chi connectivity index (χ1n) is 10.4. The molecule has 0 bridgehead atoms. The van der Waals surface area contributed by atoms with Crippen molar-refractivity contribution in [2.45, 2.75) is 90.1 Å². The van der Waals surface area contributed by atoms with Crippen LogP contribution in [0.15, 0.2) is 0 Å². The van der Waals surface area contributed by atoms with Crippen molar-refractivity contribution in [1.82, 2.24) is 0 Å². The zero-order chi connectivity index (χ0) is 16.2. The predicted octanol–water partition coefficient (Wildman–Crippen LogP) is 5.76. The minimum absolute atomic E-state index is 0.326. The Morgan fingerprint density at radius 2 is 1.39 bits per heavy atom. The lowest BCUT2D eigenvalue weighted by Gasteiger charge is -2.42. The first-order chi connectivity index (χ1) is 11.2. The molecule has 3 rings (SSSR count). The fraction of sp³-hybridized carbons (Fsp3) is 1.00. The molecule has 0 heterocycles. The summed E-state index contributed by atoms with van der Waals surface area (Å²) in [7, 11) is 0. The van der Waals surface area contributed by atoms with Crippen molar-refractivity contribution < 1.29 is 9.50 Å². The van der Waals surface area contributed by atoms with Gasteiger partial charge in [-0.2, -0.15) is 0 Å². The molecule has 3 aliphatic rings. The Labute approximate surface area is 142 Å². The van der Waals surface area contributed by atoms with E-state index in [-0.39, 0.29) is 0 Å². The minimum Gasteiger partial charge on any atom is -0.396 e. The second-order valence-corrected chi connectivity index (χ2v) is 9.07. The lowest BCUT2D eigenvalue weighted by molar-refractivity contribution is 0.0325. The van der Waals surface area contributed by atoms with Gasteiger partial charge in [0, 0.05) is 6.61 Å². The molecule has 0 aromatic heterocycles. The highest BCUT2D eigenvalue weighted by Crippen LogP contribution is 2.47. The average molecular weight is 325 g/mol.